The van der Waals surface area contributed by atoms with Gasteiger partial charge in [-0.05, 0) is 12.8 Å². The number of methoxy groups -OCH3 is 1. The lowest BCUT2D eigenvalue weighted by atomic mass is 10.0. The molecule has 0 aromatic carbocycles. The summed E-state index contributed by atoms with van der Waals surface area (Å²) in [5, 5.41) is 2.83. The Morgan fingerprint density at radius 1 is 1.33 bits per heavy atom. The Morgan fingerprint density at radius 2 is 1.90 bits per heavy atom. The fraction of sp³-hybridized carbons (Fsp3) is 0.643. The quantitative estimate of drug-likeness (QED) is 0.454. The van der Waals surface area contributed by atoms with Crippen LogP contribution >= 0.6 is 0 Å². The first kappa shape index (κ1) is 15.3. The molecule has 2 aliphatic heterocycles. The fourth-order valence-electron chi connectivity index (χ4n) is 2.22. The molecule has 2 aliphatic rings. The molecule has 21 heavy (non-hydrogen) atoms. The molecule has 0 aromatic rings. The highest BCUT2D eigenvalue weighted by Crippen LogP contribution is 2.32. The predicted molar refractivity (Wildman–Crippen MR) is 70.6 cm³/mol. The maximum absolute atomic E-state index is 12.1. The Bertz CT molecular complexity index is 502. The molecule has 7 nitrogen and oxygen atoms in total. The minimum Gasteiger partial charge on any atom is -0.467 e. The van der Waals surface area contributed by atoms with Gasteiger partial charge in [-0.1, -0.05) is 13.8 Å². The van der Waals surface area contributed by atoms with Gasteiger partial charge in [0.1, 0.15) is 6.04 Å². The standard InChI is InChI=1S/C14H19NO6/c1-7(2)14(3)20-12(17)10(13(18)21-14)8-5-6-9(15-8)11(16)19-4/h7,9,15H,5-6H2,1-4H3. The predicted octanol–water partition coefficient (Wildman–Crippen LogP) is 0.638. The van der Waals surface area contributed by atoms with Gasteiger partial charge in [0.05, 0.1) is 7.11 Å². The molecule has 0 bridgehead atoms. The molecule has 2 fully saturated rings. The molecule has 0 saturated carbocycles. The first-order valence-corrected chi connectivity index (χ1v) is 6.82. The highest BCUT2D eigenvalue weighted by molar-refractivity contribution is 6.16. The van der Waals surface area contributed by atoms with E-state index in [9.17, 15) is 14.4 Å². The number of carbonyl (C=O) groups is 3. The number of cyclic esters (lactones) is 2. The second-order valence-electron chi connectivity index (χ2n) is 5.56. The van der Waals surface area contributed by atoms with Crippen molar-refractivity contribution in [3.05, 3.63) is 11.3 Å². The molecule has 0 aliphatic carbocycles. The van der Waals surface area contributed by atoms with E-state index in [2.05, 4.69) is 10.1 Å². The summed E-state index contributed by atoms with van der Waals surface area (Å²) in [5.41, 5.74) is 0.200. The Hall–Kier alpha value is -2.05. The van der Waals surface area contributed by atoms with Crippen LogP contribution in [0.5, 0.6) is 0 Å². The summed E-state index contributed by atoms with van der Waals surface area (Å²) in [6.45, 7) is 5.13. The largest absolute Gasteiger partial charge is 0.467 e. The summed E-state index contributed by atoms with van der Waals surface area (Å²) in [7, 11) is 1.28. The molecule has 2 saturated heterocycles. The van der Waals surface area contributed by atoms with Crippen molar-refractivity contribution in [2.24, 2.45) is 5.92 Å². The molecule has 1 N–H and O–H groups in total. The van der Waals surface area contributed by atoms with Crippen molar-refractivity contribution in [3.8, 4) is 0 Å². The number of nitrogens with one attached hydrogen (secondary N) is 1. The number of carbonyl (C=O) groups excluding carboxylic acids is 3. The van der Waals surface area contributed by atoms with Gasteiger partial charge in [0.15, 0.2) is 5.57 Å². The molecular formula is C14H19NO6. The second kappa shape index (κ2) is 5.38. The lowest BCUT2D eigenvalue weighted by molar-refractivity contribution is -0.243. The number of hydrogen-bond donors (Lipinski definition) is 1. The van der Waals surface area contributed by atoms with Gasteiger partial charge in [0.25, 0.3) is 5.79 Å². The topological polar surface area (TPSA) is 90.9 Å². The molecule has 116 valence electrons. The SMILES string of the molecule is COC(=O)C1CCC(=C2C(=O)OC(C)(C(C)C)OC2=O)N1. The second-order valence-corrected chi connectivity index (χ2v) is 5.56. The molecule has 0 radical (unpaired) electrons. The third kappa shape index (κ3) is 2.72. The maximum Gasteiger partial charge on any atom is 0.350 e. The molecule has 2 rings (SSSR count). The summed E-state index contributed by atoms with van der Waals surface area (Å²) in [5.74, 6) is -3.32. The van der Waals surface area contributed by atoms with Gasteiger partial charge in [-0.15, -0.1) is 0 Å². The van der Waals surface area contributed by atoms with Crippen molar-refractivity contribution in [2.45, 2.75) is 45.4 Å². The van der Waals surface area contributed by atoms with Gasteiger partial charge < -0.3 is 19.5 Å². The zero-order valence-corrected chi connectivity index (χ0v) is 12.5. The van der Waals surface area contributed by atoms with Gasteiger partial charge in [-0.3, -0.25) is 0 Å². The number of esters is 3. The van der Waals surface area contributed by atoms with Crippen LogP contribution in [0.3, 0.4) is 0 Å². The van der Waals surface area contributed by atoms with Crippen LogP contribution in [0, 0.1) is 5.92 Å². The molecule has 0 spiro atoms. The minimum absolute atomic E-state index is 0.167. The summed E-state index contributed by atoms with van der Waals surface area (Å²) >= 11 is 0. The van der Waals surface area contributed by atoms with Gasteiger partial charge >= 0.3 is 17.9 Å². The molecule has 7 heteroatoms. The van der Waals surface area contributed by atoms with Crippen LogP contribution in [0.2, 0.25) is 0 Å². The molecular weight excluding hydrogens is 278 g/mol. The maximum atomic E-state index is 12.1. The van der Waals surface area contributed by atoms with E-state index in [1.54, 1.807) is 20.8 Å². The van der Waals surface area contributed by atoms with Crippen LogP contribution in [0.1, 0.15) is 33.6 Å². The molecule has 0 aromatic heterocycles. The lowest BCUT2D eigenvalue weighted by Crippen LogP contribution is -2.48. The highest BCUT2D eigenvalue weighted by Gasteiger charge is 2.47. The lowest BCUT2D eigenvalue weighted by Gasteiger charge is -2.36. The molecule has 1 unspecified atom stereocenters. The Morgan fingerprint density at radius 3 is 2.38 bits per heavy atom. The van der Waals surface area contributed by atoms with Crippen LogP contribution in [-0.2, 0) is 28.6 Å². The summed E-state index contributed by atoms with van der Waals surface area (Å²) in [4.78, 5) is 35.7. The van der Waals surface area contributed by atoms with Crippen LogP contribution in [0.25, 0.3) is 0 Å². The van der Waals surface area contributed by atoms with E-state index in [0.29, 0.717) is 18.5 Å². The fourth-order valence-corrected chi connectivity index (χ4v) is 2.22. The van der Waals surface area contributed by atoms with Gasteiger partial charge in [0, 0.05) is 18.5 Å². The van der Waals surface area contributed by atoms with Crippen LogP contribution in [0.15, 0.2) is 11.3 Å². The third-order valence-corrected chi connectivity index (χ3v) is 3.87. The van der Waals surface area contributed by atoms with E-state index in [-0.39, 0.29) is 11.5 Å². The number of rotatable bonds is 2. The molecule has 2 heterocycles. The van der Waals surface area contributed by atoms with E-state index < -0.39 is 29.7 Å². The first-order valence-electron chi connectivity index (χ1n) is 6.82. The zero-order chi connectivity index (χ0) is 15.8. The van der Waals surface area contributed by atoms with E-state index in [1.807, 2.05) is 0 Å². The smallest absolute Gasteiger partial charge is 0.350 e. The third-order valence-electron chi connectivity index (χ3n) is 3.87. The summed E-state index contributed by atoms with van der Waals surface area (Å²) in [6, 6.07) is -0.559. The van der Waals surface area contributed by atoms with E-state index >= 15 is 0 Å². The van der Waals surface area contributed by atoms with Crippen molar-refractivity contribution in [3.63, 3.8) is 0 Å². The number of hydrogen-bond acceptors (Lipinski definition) is 7. The van der Waals surface area contributed by atoms with E-state index in [1.165, 1.54) is 7.11 Å². The van der Waals surface area contributed by atoms with E-state index in [4.69, 9.17) is 9.47 Å². The molecule has 0 amide bonds. The van der Waals surface area contributed by atoms with Crippen LogP contribution in [0.4, 0.5) is 0 Å². The normalized spacial score (nSPS) is 29.1. The minimum atomic E-state index is -1.27. The monoisotopic (exact) mass is 297 g/mol. The van der Waals surface area contributed by atoms with Crippen molar-refractivity contribution in [2.75, 3.05) is 7.11 Å². The van der Waals surface area contributed by atoms with Crippen molar-refractivity contribution < 1.29 is 28.6 Å². The van der Waals surface area contributed by atoms with Crippen molar-refractivity contribution in [1.29, 1.82) is 0 Å². The van der Waals surface area contributed by atoms with Crippen molar-refractivity contribution in [1.82, 2.24) is 5.32 Å². The zero-order valence-electron chi connectivity index (χ0n) is 12.5. The summed E-state index contributed by atoms with van der Waals surface area (Å²) < 4.78 is 15.1. The average Bonchev–Trinajstić information content (AvgIpc) is 2.86. The Labute approximate surface area is 122 Å². The highest BCUT2D eigenvalue weighted by atomic mass is 16.7. The van der Waals surface area contributed by atoms with Crippen LogP contribution in [-0.4, -0.2) is 36.8 Å². The average molecular weight is 297 g/mol. The first-order chi connectivity index (χ1) is 9.78. The van der Waals surface area contributed by atoms with Gasteiger partial charge in [-0.25, -0.2) is 14.4 Å². The van der Waals surface area contributed by atoms with Gasteiger partial charge in [-0.2, -0.15) is 0 Å². The van der Waals surface area contributed by atoms with Gasteiger partial charge in [0.2, 0.25) is 0 Å². The Kier molecular flexibility index (Phi) is 3.93. The van der Waals surface area contributed by atoms with Crippen LogP contribution < -0.4 is 5.32 Å². The molecule has 1 atom stereocenters. The van der Waals surface area contributed by atoms with Crippen molar-refractivity contribution >= 4 is 17.9 Å². The number of ether oxygens (including phenoxy) is 3. The summed E-state index contributed by atoms with van der Waals surface area (Å²) in [6.07, 6.45) is 0.838. The van der Waals surface area contributed by atoms with E-state index in [0.717, 1.165) is 0 Å². The Balaban J connectivity index is 2.23. The number of allylic oxidation sites excluding steroid dienone is 1.